The van der Waals surface area contributed by atoms with Crippen molar-refractivity contribution in [1.82, 2.24) is 15.2 Å². The van der Waals surface area contributed by atoms with Gasteiger partial charge in [0.2, 0.25) is 5.91 Å². The van der Waals surface area contributed by atoms with Crippen LogP contribution in [0, 0.1) is 0 Å². The monoisotopic (exact) mass is 414 g/mol. The molecule has 0 bridgehead atoms. The Balaban J connectivity index is 1.81. The molecule has 29 heavy (non-hydrogen) atoms. The maximum absolute atomic E-state index is 13.0. The van der Waals surface area contributed by atoms with Crippen LogP contribution < -0.4 is 10.6 Å². The Hall–Kier alpha value is -2.74. The minimum Gasteiger partial charge on any atom is -0.343 e. The number of thiophene rings is 1. The standard InChI is InChI=1S/C21H26N4O3S/c1-3-25(4-2)17(26)13-23-20(28)18-15-9-5-6-10-16(15)29-21(18)24-19(27)14-8-7-11-22-12-14/h7-8,11-12H,3-6,9-10,13H2,1-2H3,(H,23,28)(H,24,27). The zero-order valence-corrected chi connectivity index (χ0v) is 17.6. The summed E-state index contributed by atoms with van der Waals surface area (Å²) in [5.74, 6) is -0.732. The van der Waals surface area contributed by atoms with E-state index in [0.29, 0.717) is 29.2 Å². The SMILES string of the molecule is CCN(CC)C(=O)CNC(=O)c1c(NC(=O)c2cccnc2)sc2c1CCCC2. The first-order valence-electron chi connectivity index (χ1n) is 9.97. The molecule has 0 aliphatic heterocycles. The first-order valence-corrected chi connectivity index (χ1v) is 10.8. The number of nitrogens with zero attached hydrogens (tertiary/aromatic N) is 2. The van der Waals surface area contributed by atoms with Crippen molar-refractivity contribution < 1.29 is 14.4 Å². The minimum atomic E-state index is -0.314. The number of carbonyl (C=O) groups excluding carboxylic acids is 3. The lowest BCUT2D eigenvalue weighted by molar-refractivity contribution is -0.129. The van der Waals surface area contributed by atoms with Crippen LogP contribution in [0.2, 0.25) is 0 Å². The summed E-state index contributed by atoms with van der Waals surface area (Å²) >= 11 is 1.45. The van der Waals surface area contributed by atoms with Crippen LogP contribution in [0.5, 0.6) is 0 Å². The summed E-state index contributed by atoms with van der Waals surface area (Å²) in [5, 5.41) is 6.17. The molecule has 3 amide bonds. The number of anilines is 1. The van der Waals surface area contributed by atoms with Gasteiger partial charge in [-0.3, -0.25) is 19.4 Å². The van der Waals surface area contributed by atoms with Gasteiger partial charge < -0.3 is 15.5 Å². The van der Waals surface area contributed by atoms with Crippen molar-refractivity contribution in [2.75, 3.05) is 25.0 Å². The third kappa shape index (κ3) is 4.82. The first-order chi connectivity index (χ1) is 14.0. The van der Waals surface area contributed by atoms with Gasteiger partial charge in [-0.15, -0.1) is 11.3 Å². The molecule has 2 N–H and O–H groups in total. The van der Waals surface area contributed by atoms with Crippen molar-refractivity contribution in [2.24, 2.45) is 0 Å². The van der Waals surface area contributed by atoms with E-state index in [0.717, 1.165) is 36.1 Å². The Morgan fingerprint density at radius 3 is 2.59 bits per heavy atom. The number of carbonyl (C=O) groups is 3. The molecule has 2 aromatic heterocycles. The maximum atomic E-state index is 13.0. The number of nitrogens with one attached hydrogen (secondary N) is 2. The van der Waals surface area contributed by atoms with E-state index in [2.05, 4.69) is 15.6 Å². The van der Waals surface area contributed by atoms with Crippen molar-refractivity contribution in [3.8, 4) is 0 Å². The molecule has 0 radical (unpaired) electrons. The van der Waals surface area contributed by atoms with E-state index in [-0.39, 0.29) is 24.3 Å². The summed E-state index contributed by atoms with van der Waals surface area (Å²) < 4.78 is 0. The van der Waals surface area contributed by atoms with Gasteiger partial charge in [0.05, 0.1) is 17.7 Å². The van der Waals surface area contributed by atoms with Crippen LogP contribution in [0.15, 0.2) is 24.5 Å². The van der Waals surface area contributed by atoms with Gasteiger partial charge in [-0.1, -0.05) is 0 Å². The highest BCUT2D eigenvalue weighted by Gasteiger charge is 2.27. The van der Waals surface area contributed by atoms with Crippen LogP contribution in [0.1, 0.15) is 57.8 Å². The Morgan fingerprint density at radius 1 is 1.14 bits per heavy atom. The number of hydrogen-bond donors (Lipinski definition) is 2. The quantitative estimate of drug-likeness (QED) is 0.729. The van der Waals surface area contributed by atoms with Gasteiger partial charge in [0.15, 0.2) is 0 Å². The summed E-state index contributed by atoms with van der Waals surface area (Å²) in [6, 6.07) is 3.37. The fourth-order valence-electron chi connectivity index (χ4n) is 3.50. The topological polar surface area (TPSA) is 91.4 Å². The fourth-order valence-corrected chi connectivity index (χ4v) is 4.78. The van der Waals surface area contributed by atoms with E-state index in [1.807, 2.05) is 13.8 Å². The molecule has 8 heteroatoms. The maximum Gasteiger partial charge on any atom is 0.257 e. The van der Waals surface area contributed by atoms with Crippen molar-refractivity contribution in [3.63, 3.8) is 0 Å². The summed E-state index contributed by atoms with van der Waals surface area (Å²) in [6.45, 7) is 4.97. The Labute approximate surface area is 174 Å². The molecule has 2 heterocycles. The van der Waals surface area contributed by atoms with Gasteiger partial charge >= 0.3 is 0 Å². The van der Waals surface area contributed by atoms with Gasteiger partial charge in [-0.05, 0) is 57.2 Å². The van der Waals surface area contributed by atoms with E-state index in [1.165, 1.54) is 17.5 Å². The molecule has 154 valence electrons. The largest absolute Gasteiger partial charge is 0.343 e. The van der Waals surface area contributed by atoms with Crippen LogP contribution in [-0.2, 0) is 17.6 Å². The van der Waals surface area contributed by atoms with Gasteiger partial charge in [-0.25, -0.2) is 0 Å². The molecular formula is C21H26N4O3S. The highest BCUT2D eigenvalue weighted by molar-refractivity contribution is 7.17. The second-order valence-electron chi connectivity index (χ2n) is 6.86. The molecule has 0 spiro atoms. The van der Waals surface area contributed by atoms with Crippen molar-refractivity contribution in [1.29, 1.82) is 0 Å². The molecule has 0 saturated heterocycles. The van der Waals surface area contributed by atoms with E-state index in [9.17, 15) is 14.4 Å². The Kier molecular flexibility index (Phi) is 6.98. The number of aromatic nitrogens is 1. The molecule has 0 fully saturated rings. The van der Waals surface area contributed by atoms with Gasteiger partial charge in [0.1, 0.15) is 5.00 Å². The number of aryl methyl sites for hydroxylation is 1. The summed E-state index contributed by atoms with van der Waals surface area (Å²) in [5.41, 5.74) is 1.92. The average Bonchev–Trinajstić information content (AvgIpc) is 3.11. The van der Waals surface area contributed by atoms with E-state index < -0.39 is 0 Å². The Bertz CT molecular complexity index is 891. The molecule has 0 saturated carbocycles. The number of fused-ring (bicyclic) bond motifs is 1. The van der Waals surface area contributed by atoms with Crippen LogP contribution in [0.3, 0.4) is 0 Å². The van der Waals surface area contributed by atoms with Gasteiger partial charge in [-0.2, -0.15) is 0 Å². The average molecular weight is 415 g/mol. The number of rotatable bonds is 7. The lowest BCUT2D eigenvalue weighted by Gasteiger charge is -2.19. The first kappa shape index (κ1) is 21.0. The molecular weight excluding hydrogens is 388 g/mol. The zero-order valence-electron chi connectivity index (χ0n) is 16.8. The predicted molar refractivity (Wildman–Crippen MR) is 113 cm³/mol. The third-order valence-electron chi connectivity index (χ3n) is 5.07. The lowest BCUT2D eigenvalue weighted by Crippen LogP contribution is -2.40. The summed E-state index contributed by atoms with van der Waals surface area (Å²) in [6.07, 6.45) is 6.89. The Morgan fingerprint density at radius 2 is 1.90 bits per heavy atom. The molecule has 7 nitrogen and oxygen atoms in total. The lowest BCUT2D eigenvalue weighted by atomic mass is 9.95. The third-order valence-corrected chi connectivity index (χ3v) is 6.27. The number of amides is 3. The van der Waals surface area contributed by atoms with E-state index in [4.69, 9.17) is 0 Å². The predicted octanol–water partition coefficient (Wildman–Crippen LogP) is 2.87. The number of pyridine rings is 1. The van der Waals surface area contributed by atoms with E-state index in [1.54, 1.807) is 23.2 Å². The fraction of sp³-hybridized carbons (Fsp3) is 0.429. The van der Waals surface area contributed by atoms with Gasteiger partial charge in [0, 0.05) is 30.4 Å². The molecule has 1 aliphatic carbocycles. The van der Waals surface area contributed by atoms with Gasteiger partial charge in [0.25, 0.3) is 11.8 Å². The summed E-state index contributed by atoms with van der Waals surface area (Å²) in [7, 11) is 0. The number of likely N-dealkylation sites (N-methyl/N-ethyl adjacent to an activating group) is 1. The van der Waals surface area contributed by atoms with Crippen LogP contribution in [0.4, 0.5) is 5.00 Å². The smallest absolute Gasteiger partial charge is 0.257 e. The minimum absolute atomic E-state index is 0.0544. The molecule has 3 rings (SSSR count). The molecule has 1 aliphatic rings. The summed E-state index contributed by atoms with van der Waals surface area (Å²) in [4.78, 5) is 44.6. The molecule has 2 aromatic rings. The van der Waals surface area contributed by atoms with Crippen LogP contribution >= 0.6 is 11.3 Å². The van der Waals surface area contributed by atoms with Crippen molar-refractivity contribution in [3.05, 3.63) is 46.1 Å². The van der Waals surface area contributed by atoms with Crippen molar-refractivity contribution >= 4 is 34.1 Å². The van der Waals surface area contributed by atoms with E-state index >= 15 is 0 Å². The molecule has 0 atom stereocenters. The normalized spacial score (nSPS) is 12.8. The highest BCUT2D eigenvalue weighted by atomic mass is 32.1. The number of hydrogen-bond acceptors (Lipinski definition) is 5. The second kappa shape index (κ2) is 9.65. The zero-order chi connectivity index (χ0) is 20.8. The highest BCUT2D eigenvalue weighted by Crippen LogP contribution is 2.38. The van der Waals surface area contributed by atoms with Crippen LogP contribution in [0.25, 0.3) is 0 Å². The molecule has 0 aromatic carbocycles. The second-order valence-corrected chi connectivity index (χ2v) is 7.96. The molecule has 0 unspecified atom stereocenters. The van der Waals surface area contributed by atoms with Crippen molar-refractivity contribution in [2.45, 2.75) is 39.5 Å². The van der Waals surface area contributed by atoms with Crippen LogP contribution in [-0.4, -0.2) is 47.2 Å².